The number of amides is 3. The zero-order chi connectivity index (χ0) is 19.3. The molecular weight excluding hydrogens is 354 g/mol. The van der Waals surface area contributed by atoms with E-state index in [0.717, 1.165) is 38.9 Å². The molecule has 4 atom stereocenters. The summed E-state index contributed by atoms with van der Waals surface area (Å²) in [5.74, 6) is 0.203. The van der Waals surface area contributed by atoms with Gasteiger partial charge in [-0.25, -0.2) is 0 Å². The van der Waals surface area contributed by atoms with Gasteiger partial charge in [0.05, 0.1) is 11.8 Å². The number of imide groups is 1. The van der Waals surface area contributed by atoms with Gasteiger partial charge in [0.25, 0.3) is 0 Å². The summed E-state index contributed by atoms with van der Waals surface area (Å²) in [6.07, 6.45) is 3.16. The summed E-state index contributed by atoms with van der Waals surface area (Å²) in [4.78, 5) is 43.8. The van der Waals surface area contributed by atoms with E-state index in [2.05, 4.69) is 17.0 Å². The SMILES string of the molecule is O=C(CN1C(=O)[C@H]2[C@@H]3CC[C@@H](C3)[C@@H]2C1=O)N1CCN(Cc2ccccc2)CC1. The Bertz CT molecular complexity index is 759. The van der Waals surface area contributed by atoms with Gasteiger partial charge < -0.3 is 4.90 Å². The molecular formula is C22H27N3O3. The fraction of sp³-hybridized carbons (Fsp3) is 0.591. The third-order valence-corrected chi connectivity index (χ3v) is 7.29. The van der Waals surface area contributed by atoms with Gasteiger partial charge in [0.1, 0.15) is 6.54 Å². The van der Waals surface area contributed by atoms with Gasteiger partial charge >= 0.3 is 0 Å². The van der Waals surface area contributed by atoms with Crippen LogP contribution in [0.4, 0.5) is 0 Å². The predicted molar refractivity (Wildman–Crippen MR) is 103 cm³/mol. The first-order chi connectivity index (χ1) is 13.6. The molecule has 0 N–H and O–H groups in total. The Labute approximate surface area is 165 Å². The molecule has 2 bridgehead atoms. The molecule has 4 aliphatic rings. The quantitative estimate of drug-likeness (QED) is 0.739. The number of nitrogens with zero attached hydrogens (tertiary/aromatic N) is 3. The predicted octanol–water partition coefficient (Wildman–Crippen LogP) is 1.36. The molecule has 148 valence electrons. The summed E-state index contributed by atoms with van der Waals surface area (Å²) < 4.78 is 0. The van der Waals surface area contributed by atoms with Gasteiger partial charge in [0.2, 0.25) is 17.7 Å². The second kappa shape index (κ2) is 6.99. The van der Waals surface area contributed by atoms with Crippen molar-refractivity contribution in [2.24, 2.45) is 23.7 Å². The number of benzene rings is 1. The van der Waals surface area contributed by atoms with E-state index in [1.54, 1.807) is 0 Å². The Balaban J connectivity index is 1.16. The number of hydrogen-bond donors (Lipinski definition) is 0. The average molecular weight is 381 g/mol. The lowest BCUT2D eigenvalue weighted by Crippen LogP contribution is -2.51. The van der Waals surface area contributed by atoms with Crippen molar-refractivity contribution in [3.8, 4) is 0 Å². The smallest absolute Gasteiger partial charge is 0.242 e. The van der Waals surface area contributed by atoms with Crippen LogP contribution in [0.3, 0.4) is 0 Å². The molecule has 2 aliphatic carbocycles. The summed E-state index contributed by atoms with van der Waals surface area (Å²) in [7, 11) is 0. The van der Waals surface area contributed by atoms with Crippen molar-refractivity contribution >= 4 is 17.7 Å². The van der Waals surface area contributed by atoms with E-state index in [-0.39, 0.29) is 36.1 Å². The standard InChI is InChI=1S/C22H27N3O3/c26-18(24-10-8-23(9-11-24)13-15-4-2-1-3-5-15)14-25-21(27)19-16-6-7-17(12-16)20(19)22(25)28/h1-5,16-17,19-20H,6-14H2/t16-,17+,19-,20-/m0/s1. The molecule has 0 radical (unpaired) electrons. The molecule has 3 amide bonds. The Hall–Kier alpha value is -2.21. The van der Waals surface area contributed by atoms with Crippen LogP contribution in [-0.4, -0.2) is 65.1 Å². The fourth-order valence-electron chi connectivity index (χ4n) is 5.86. The summed E-state index contributed by atoms with van der Waals surface area (Å²) in [6.45, 7) is 3.76. The van der Waals surface area contributed by atoms with Crippen molar-refractivity contribution < 1.29 is 14.4 Å². The molecule has 1 aromatic rings. The van der Waals surface area contributed by atoms with Crippen molar-refractivity contribution in [2.75, 3.05) is 32.7 Å². The molecule has 0 unspecified atom stereocenters. The van der Waals surface area contributed by atoms with Gasteiger partial charge in [-0.05, 0) is 36.7 Å². The number of rotatable bonds is 4. The molecule has 2 heterocycles. The zero-order valence-corrected chi connectivity index (χ0v) is 16.1. The number of fused-ring (bicyclic) bond motifs is 5. The zero-order valence-electron chi connectivity index (χ0n) is 16.1. The van der Waals surface area contributed by atoms with E-state index in [1.807, 2.05) is 23.1 Å². The Morgan fingerprint density at radius 2 is 1.50 bits per heavy atom. The largest absolute Gasteiger partial charge is 0.339 e. The van der Waals surface area contributed by atoms with Crippen molar-refractivity contribution in [1.29, 1.82) is 0 Å². The Kier molecular flexibility index (Phi) is 4.46. The monoisotopic (exact) mass is 381 g/mol. The lowest BCUT2D eigenvalue weighted by Gasteiger charge is -2.35. The second-order valence-corrected chi connectivity index (χ2v) is 8.79. The third kappa shape index (κ3) is 2.94. The van der Waals surface area contributed by atoms with E-state index in [1.165, 1.54) is 10.5 Å². The molecule has 5 rings (SSSR count). The minimum absolute atomic E-state index is 0.0667. The molecule has 2 saturated carbocycles. The molecule has 6 heteroatoms. The van der Waals surface area contributed by atoms with E-state index >= 15 is 0 Å². The number of carbonyl (C=O) groups is 3. The maximum Gasteiger partial charge on any atom is 0.242 e. The van der Waals surface area contributed by atoms with Crippen LogP contribution in [0.2, 0.25) is 0 Å². The first-order valence-corrected chi connectivity index (χ1v) is 10.5. The number of hydrogen-bond acceptors (Lipinski definition) is 4. The van der Waals surface area contributed by atoms with Crippen molar-refractivity contribution in [3.63, 3.8) is 0 Å². The van der Waals surface area contributed by atoms with E-state index in [4.69, 9.17) is 0 Å². The normalized spacial score (nSPS) is 32.3. The highest BCUT2D eigenvalue weighted by Crippen LogP contribution is 2.56. The summed E-state index contributed by atoms with van der Waals surface area (Å²) in [6, 6.07) is 10.3. The van der Waals surface area contributed by atoms with Crippen LogP contribution in [0.5, 0.6) is 0 Å². The highest BCUT2D eigenvalue weighted by Gasteiger charge is 2.61. The van der Waals surface area contributed by atoms with Crippen LogP contribution < -0.4 is 0 Å². The van der Waals surface area contributed by atoms with Crippen molar-refractivity contribution in [2.45, 2.75) is 25.8 Å². The van der Waals surface area contributed by atoms with E-state index in [0.29, 0.717) is 24.9 Å². The molecule has 0 aromatic heterocycles. The summed E-state index contributed by atoms with van der Waals surface area (Å²) >= 11 is 0. The first kappa shape index (κ1) is 17.9. The fourth-order valence-corrected chi connectivity index (χ4v) is 5.86. The van der Waals surface area contributed by atoms with Crippen LogP contribution in [0, 0.1) is 23.7 Å². The van der Waals surface area contributed by atoms with Gasteiger partial charge in [0.15, 0.2) is 0 Å². The molecule has 2 saturated heterocycles. The minimum Gasteiger partial charge on any atom is -0.339 e. The van der Waals surface area contributed by atoms with Gasteiger partial charge in [-0.15, -0.1) is 0 Å². The number of likely N-dealkylation sites (tertiary alicyclic amines) is 1. The van der Waals surface area contributed by atoms with Crippen molar-refractivity contribution in [1.82, 2.24) is 14.7 Å². The van der Waals surface area contributed by atoms with Gasteiger partial charge in [-0.2, -0.15) is 0 Å². The van der Waals surface area contributed by atoms with Gasteiger partial charge in [0, 0.05) is 32.7 Å². The minimum atomic E-state index is -0.137. The molecule has 0 spiro atoms. The Morgan fingerprint density at radius 1 is 0.893 bits per heavy atom. The number of piperazine rings is 1. The lowest BCUT2D eigenvalue weighted by molar-refractivity contribution is -0.147. The van der Waals surface area contributed by atoms with E-state index in [9.17, 15) is 14.4 Å². The molecule has 28 heavy (non-hydrogen) atoms. The molecule has 1 aromatic carbocycles. The van der Waals surface area contributed by atoms with Crippen LogP contribution >= 0.6 is 0 Å². The number of carbonyl (C=O) groups excluding carboxylic acids is 3. The molecule has 2 aliphatic heterocycles. The van der Waals surface area contributed by atoms with Gasteiger partial charge in [-0.3, -0.25) is 24.2 Å². The van der Waals surface area contributed by atoms with Crippen LogP contribution in [0.25, 0.3) is 0 Å². The highest BCUT2D eigenvalue weighted by atomic mass is 16.2. The summed E-state index contributed by atoms with van der Waals surface area (Å²) in [5.41, 5.74) is 1.27. The highest BCUT2D eigenvalue weighted by molar-refractivity contribution is 6.08. The van der Waals surface area contributed by atoms with Gasteiger partial charge in [-0.1, -0.05) is 30.3 Å². The maximum absolute atomic E-state index is 12.8. The maximum atomic E-state index is 12.8. The van der Waals surface area contributed by atoms with Crippen LogP contribution in [0.15, 0.2) is 30.3 Å². The summed E-state index contributed by atoms with van der Waals surface area (Å²) in [5, 5.41) is 0. The van der Waals surface area contributed by atoms with E-state index < -0.39 is 0 Å². The molecule has 6 nitrogen and oxygen atoms in total. The topological polar surface area (TPSA) is 60.9 Å². The Morgan fingerprint density at radius 3 is 2.11 bits per heavy atom. The van der Waals surface area contributed by atoms with Crippen molar-refractivity contribution in [3.05, 3.63) is 35.9 Å². The first-order valence-electron chi connectivity index (χ1n) is 10.5. The third-order valence-electron chi connectivity index (χ3n) is 7.29. The van der Waals surface area contributed by atoms with Crippen LogP contribution in [-0.2, 0) is 20.9 Å². The average Bonchev–Trinajstić information content (AvgIpc) is 3.39. The second-order valence-electron chi connectivity index (χ2n) is 8.79. The molecule has 4 fully saturated rings. The van der Waals surface area contributed by atoms with Crippen LogP contribution in [0.1, 0.15) is 24.8 Å². The lowest BCUT2D eigenvalue weighted by atomic mass is 9.81.